The van der Waals surface area contributed by atoms with Crippen molar-refractivity contribution in [1.82, 2.24) is 9.55 Å². The Morgan fingerprint density at radius 2 is 1.88 bits per heavy atom. The van der Waals surface area contributed by atoms with Crippen LogP contribution in [-0.4, -0.2) is 22.6 Å². The molecule has 0 saturated carbocycles. The van der Waals surface area contributed by atoms with Crippen molar-refractivity contribution in [3.05, 3.63) is 80.5 Å². The highest BCUT2D eigenvalue weighted by Gasteiger charge is 2.11. The summed E-state index contributed by atoms with van der Waals surface area (Å²) in [6.45, 7) is 0.285. The maximum absolute atomic E-state index is 12.5. The number of hydrogen-bond acceptors (Lipinski definition) is 4. The predicted octanol–water partition coefficient (Wildman–Crippen LogP) is 1.72. The van der Waals surface area contributed by atoms with Gasteiger partial charge >= 0.3 is 11.7 Å². The van der Waals surface area contributed by atoms with Crippen molar-refractivity contribution in [3.63, 3.8) is 0 Å². The average molecular weight is 324 g/mol. The number of methoxy groups -OCH3 is 1. The maximum Gasteiger partial charge on any atom is 0.337 e. The molecule has 6 heteroatoms. The number of fused-ring (bicyclic) bond motifs is 1. The largest absolute Gasteiger partial charge is 0.465 e. The van der Waals surface area contributed by atoms with Crippen molar-refractivity contribution in [2.75, 3.05) is 7.11 Å². The van der Waals surface area contributed by atoms with Gasteiger partial charge in [-0.2, -0.15) is 0 Å². The number of nitrogens with one attached hydrogen (secondary N) is 1. The van der Waals surface area contributed by atoms with Crippen LogP contribution in [0.5, 0.6) is 0 Å². The molecule has 3 aromatic rings. The van der Waals surface area contributed by atoms with Gasteiger partial charge in [0.05, 0.1) is 23.6 Å². The van der Waals surface area contributed by atoms with E-state index in [4.69, 9.17) is 0 Å². The first-order chi connectivity index (χ1) is 11.6. The summed E-state index contributed by atoms with van der Waals surface area (Å²) in [5.74, 6) is -0.522. The first kappa shape index (κ1) is 15.7. The van der Waals surface area contributed by atoms with Gasteiger partial charge < -0.3 is 9.72 Å². The molecule has 0 aliphatic heterocycles. The molecule has 2 aromatic carbocycles. The van der Waals surface area contributed by atoms with Gasteiger partial charge in [-0.3, -0.25) is 9.36 Å². The lowest BCUT2D eigenvalue weighted by molar-refractivity contribution is 0.0601. The monoisotopic (exact) mass is 324 g/mol. The molecule has 0 radical (unpaired) electrons. The van der Waals surface area contributed by atoms with Crippen molar-refractivity contribution in [2.45, 2.75) is 13.0 Å². The van der Waals surface area contributed by atoms with E-state index < -0.39 is 11.7 Å². The van der Waals surface area contributed by atoms with Crippen LogP contribution in [0.3, 0.4) is 0 Å². The van der Waals surface area contributed by atoms with Gasteiger partial charge in [0, 0.05) is 6.54 Å². The number of aryl methyl sites for hydroxylation is 1. The van der Waals surface area contributed by atoms with Crippen LogP contribution in [0, 0.1) is 0 Å². The van der Waals surface area contributed by atoms with Crippen LogP contribution in [0.25, 0.3) is 10.9 Å². The van der Waals surface area contributed by atoms with Crippen LogP contribution in [0.15, 0.2) is 58.1 Å². The predicted molar refractivity (Wildman–Crippen MR) is 90.3 cm³/mol. The summed E-state index contributed by atoms with van der Waals surface area (Å²) in [6.07, 6.45) is 0.579. The quantitative estimate of drug-likeness (QED) is 0.741. The van der Waals surface area contributed by atoms with Gasteiger partial charge in [0.25, 0.3) is 5.56 Å². The molecule has 1 aromatic heterocycles. The molecule has 0 unspecified atom stereocenters. The molecule has 3 rings (SSSR count). The summed E-state index contributed by atoms with van der Waals surface area (Å²) in [6, 6.07) is 14.1. The second-order valence-corrected chi connectivity index (χ2v) is 5.37. The maximum atomic E-state index is 12.5. The molecule has 0 spiro atoms. The number of aromatic amines is 1. The minimum absolute atomic E-state index is 0.280. The minimum atomic E-state index is -0.522. The van der Waals surface area contributed by atoms with Gasteiger partial charge in [-0.05, 0) is 30.2 Å². The molecular formula is C18H16N2O4. The van der Waals surface area contributed by atoms with E-state index in [9.17, 15) is 14.4 Å². The molecule has 0 saturated heterocycles. The number of benzene rings is 2. The molecular weight excluding hydrogens is 308 g/mol. The Morgan fingerprint density at radius 1 is 1.12 bits per heavy atom. The Bertz CT molecular complexity index is 1000. The van der Waals surface area contributed by atoms with E-state index in [-0.39, 0.29) is 17.7 Å². The molecule has 0 amide bonds. The lowest BCUT2D eigenvalue weighted by atomic mass is 10.1. The fraction of sp³-hybridized carbons (Fsp3) is 0.167. The van der Waals surface area contributed by atoms with Gasteiger partial charge in [-0.25, -0.2) is 9.59 Å². The third kappa shape index (κ3) is 2.99. The third-order valence-electron chi connectivity index (χ3n) is 3.87. The van der Waals surface area contributed by atoms with Gasteiger partial charge in [0.1, 0.15) is 0 Å². The number of hydrogen-bond donors (Lipinski definition) is 1. The van der Waals surface area contributed by atoms with Crippen LogP contribution in [0.1, 0.15) is 15.9 Å². The number of H-pyrrole nitrogens is 1. The summed E-state index contributed by atoms with van der Waals surface area (Å²) in [5, 5.41) is 0.357. The lowest BCUT2D eigenvalue weighted by Crippen LogP contribution is -2.35. The normalized spacial score (nSPS) is 10.7. The fourth-order valence-electron chi connectivity index (χ4n) is 2.59. The number of esters is 1. The van der Waals surface area contributed by atoms with Crippen molar-refractivity contribution in [1.29, 1.82) is 0 Å². The Balaban J connectivity index is 1.99. The fourth-order valence-corrected chi connectivity index (χ4v) is 2.59. The number of carbonyl (C=O) groups excluding carboxylic acids is 1. The highest BCUT2D eigenvalue weighted by atomic mass is 16.5. The zero-order valence-corrected chi connectivity index (χ0v) is 13.1. The number of nitrogens with zero attached hydrogens (tertiary/aromatic N) is 1. The first-order valence-electron chi connectivity index (χ1n) is 7.49. The summed E-state index contributed by atoms with van der Waals surface area (Å²) < 4.78 is 5.82. The van der Waals surface area contributed by atoms with Crippen LogP contribution in [0.4, 0.5) is 0 Å². The molecule has 0 fully saturated rings. The zero-order chi connectivity index (χ0) is 17.1. The van der Waals surface area contributed by atoms with E-state index in [2.05, 4.69) is 9.72 Å². The SMILES string of the molecule is COC(=O)c1ccc2c(=O)n(CCc3ccccc3)c(=O)[nH]c2c1. The van der Waals surface area contributed by atoms with Crippen LogP contribution in [0.2, 0.25) is 0 Å². The highest BCUT2D eigenvalue weighted by molar-refractivity contribution is 5.93. The summed E-state index contributed by atoms with van der Waals surface area (Å²) in [7, 11) is 1.27. The van der Waals surface area contributed by atoms with Gasteiger partial charge in [-0.15, -0.1) is 0 Å². The van der Waals surface area contributed by atoms with Gasteiger partial charge in [0.15, 0.2) is 0 Å². The smallest absolute Gasteiger partial charge is 0.337 e. The highest BCUT2D eigenvalue weighted by Crippen LogP contribution is 2.10. The summed E-state index contributed by atoms with van der Waals surface area (Å²) in [4.78, 5) is 39.0. The average Bonchev–Trinajstić information content (AvgIpc) is 2.61. The number of carbonyl (C=O) groups is 1. The molecule has 24 heavy (non-hydrogen) atoms. The molecule has 0 aliphatic carbocycles. The second kappa shape index (κ2) is 6.54. The standard InChI is InChI=1S/C18H16N2O4/c1-24-17(22)13-7-8-14-15(11-13)19-18(23)20(16(14)21)10-9-12-5-3-2-4-6-12/h2-8,11H,9-10H2,1H3,(H,19,23). The van der Waals surface area contributed by atoms with E-state index in [1.54, 1.807) is 0 Å². The Hall–Kier alpha value is -3.15. The third-order valence-corrected chi connectivity index (χ3v) is 3.87. The minimum Gasteiger partial charge on any atom is -0.465 e. The van der Waals surface area contributed by atoms with E-state index in [1.165, 1.54) is 29.9 Å². The van der Waals surface area contributed by atoms with Crippen molar-refractivity contribution in [2.24, 2.45) is 0 Å². The van der Waals surface area contributed by atoms with Gasteiger partial charge in [0.2, 0.25) is 0 Å². The topological polar surface area (TPSA) is 81.2 Å². The van der Waals surface area contributed by atoms with Crippen molar-refractivity contribution < 1.29 is 9.53 Å². The molecule has 0 atom stereocenters. The Labute approximate surface area is 137 Å². The van der Waals surface area contributed by atoms with Gasteiger partial charge in [-0.1, -0.05) is 30.3 Å². The zero-order valence-electron chi connectivity index (χ0n) is 13.1. The molecule has 1 N–H and O–H groups in total. The van der Waals surface area contributed by atoms with Crippen LogP contribution < -0.4 is 11.2 Å². The first-order valence-corrected chi connectivity index (χ1v) is 7.49. The number of aromatic nitrogens is 2. The van der Waals surface area contributed by atoms with Crippen LogP contribution in [-0.2, 0) is 17.7 Å². The van der Waals surface area contributed by atoms with Crippen molar-refractivity contribution >= 4 is 16.9 Å². The molecule has 6 nitrogen and oxygen atoms in total. The molecule has 122 valence electrons. The van der Waals surface area contributed by atoms with Crippen LogP contribution >= 0.6 is 0 Å². The summed E-state index contributed by atoms with van der Waals surface area (Å²) in [5.41, 5.74) is 0.780. The van der Waals surface area contributed by atoms with E-state index in [0.717, 1.165) is 5.56 Å². The number of rotatable bonds is 4. The number of ether oxygens (including phenoxy) is 1. The summed E-state index contributed by atoms with van der Waals surface area (Å²) >= 11 is 0. The Morgan fingerprint density at radius 3 is 2.58 bits per heavy atom. The van der Waals surface area contributed by atoms with E-state index in [0.29, 0.717) is 17.3 Å². The van der Waals surface area contributed by atoms with E-state index >= 15 is 0 Å². The molecule has 0 aliphatic rings. The molecule has 0 bridgehead atoms. The second-order valence-electron chi connectivity index (χ2n) is 5.37. The van der Waals surface area contributed by atoms with Crippen molar-refractivity contribution in [3.8, 4) is 0 Å². The lowest BCUT2D eigenvalue weighted by Gasteiger charge is -2.07. The Kier molecular flexibility index (Phi) is 4.29. The van der Waals surface area contributed by atoms with E-state index in [1.807, 2.05) is 30.3 Å². The molecule has 1 heterocycles.